The molecule has 5 nitrogen and oxygen atoms in total. The fraction of sp³-hybridized carbons (Fsp3) is 0.636. The van der Waals surface area contributed by atoms with Crippen molar-refractivity contribution in [2.45, 2.75) is 71.8 Å². The smallest absolute Gasteiger partial charge is 0.258 e. The third-order valence-corrected chi connectivity index (χ3v) is 5.65. The van der Waals surface area contributed by atoms with Crippen molar-refractivity contribution in [1.82, 2.24) is 10.6 Å². The topological polar surface area (TPSA) is 67.4 Å². The molecule has 0 fully saturated rings. The molecule has 0 spiro atoms. The number of hydrogen-bond acceptors (Lipinski definition) is 3. The Balaban J connectivity index is 2.63. The molecule has 0 aromatic heterocycles. The fourth-order valence-electron chi connectivity index (χ4n) is 3.03. The lowest BCUT2D eigenvalue weighted by Gasteiger charge is -2.20. The van der Waals surface area contributed by atoms with Crippen LogP contribution < -0.4 is 15.4 Å². The highest BCUT2D eigenvalue weighted by atomic mass is 127. The third-order valence-electron chi connectivity index (χ3n) is 4.71. The lowest BCUT2D eigenvalue weighted by atomic mass is 10.0. The van der Waals surface area contributed by atoms with Gasteiger partial charge in [0.15, 0.2) is 24.0 Å². The SMILES string of the molecule is CCCCCCCCNC(=O)[C@H](CC(C)C)NC(=O)COc1c(F)c(F)c(I)c(F)c1F. The minimum Gasteiger partial charge on any atom is -0.477 e. The quantitative estimate of drug-likeness (QED) is 0.105. The average Bonchev–Trinajstić information content (AvgIpc) is 2.74. The number of hydrogen-bond donors (Lipinski definition) is 2. The van der Waals surface area contributed by atoms with E-state index in [0.29, 0.717) is 13.0 Å². The molecule has 0 radical (unpaired) electrons. The fourth-order valence-corrected chi connectivity index (χ4v) is 3.50. The number of ether oxygens (including phenoxy) is 1. The van der Waals surface area contributed by atoms with Crippen LogP contribution >= 0.6 is 22.6 Å². The van der Waals surface area contributed by atoms with Crippen LogP contribution in [0.4, 0.5) is 17.6 Å². The van der Waals surface area contributed by atoms with Gasteiger partial charge in [-0.25, -0.2) is 8.78 Å². The van der Waals surface area contributed by atoms with Crippen molar-refractivity contribution < 1.29 is 31.9 Å². The van der Waals surface area contributed by atoms with Gasteiger partial charge in [-0.1, -0.05) is 52.9 Å². The number of nitrogens with one attached hydrogen (secondary N) is 2. The van der Waals surface area contributed by atoms with Crippen molar-refractivity contribution in [3.05, 3.63) is 26.8 Å². The van der Waals surface area contributed by atoms with E-state index in [1.54, 1.807) is 0 Å². The molecule has 0 saturated heterocycles. The Morgan fingerprint density at radius 2 is 1.50 bits per heavy atom. The molecule has 1 atom stereocenters. The predicted molar refractivity (Wildman–Crippen MR) is 122 cm³/mol. The highest BCUT2D eigenvalue weighted by Crippen LogP contribution is 2.30. The summed E-state index contributed by atoms with van der Waals surface area (Å²) in [5, 5.41) is 5.24. The van der Waals surface area contributed by atoms with Gasteiger partial charge in [0.05, 0.1) is 3.57 Å². The predicted octanol–water partition coefficient (Wildman–Crippen LogP) is 5.23. The summed E-state index contributed by atoms with van der Waals surface area (Å²) in [6.45, 7) is 5.45. The first kappa shape index (κ1) is 28.4. The Labute approximate surface area is 200 Å². The number of unbranched alkanes of at least 4 members (excludes halogenated alkanes) is 5. The van der Waals surface area contributed by atoms with Crippen LogP contribution in [0.5, 0.6) is 5.75 Å². The van der Waals surface area contributed by atoms with Crippen LogP contribution in [0.15, 0.2) is 0 Å². The molecule has 1 rings (SSSR count). The number of rotatable bonds is 14. The molecule has 0 aliphatic heterocycles. The first-order valence-electron chi connectivity index (χ1n) is 10.8. The van der Waals surface area contributed by atoms with Gasteiger partial charge in [0.25, 0.3) is 5.91 Å². The lowest BCUT2D eigenvalue weighted by Crippen LogP contribution is -2.48. The van der Waals surface area contributed by atoms with E-state index in [2.05, 4.69) is 17.6 Å². The van der Waals surface area contributed by atoms with Crippen molar-refractivity contribution in [1.29, 1.82) is 0 Å². The van der Waals surface area contributed by atoms with E-state index in [4.69, 9.17) is 4.74 Å². The highest BCUT2D eigenvalue weighted by Gasteiger charge is 2.27. The molecule has 0 unspecified atom stereocenters. The van der Waals surface area contributed by atoms with Gasteiger partial charge in [0.1, 0.15) is 6.04 Å². The summed E-state index contributed by atoms with van der Waals surface area (Å²) in [5.41, 5.74) is 0. The van der Waals surface area contributed by atoms with Gasteiger partial charge in [-0.05, 0) is 41.4 Å². The first-order valence-corrected chi connectivity index (χ1v) is 11.9. The van der Waals surface area contributed by atoms with E-state index in [-0.39, 0.29) is 11.8 Å². The second kappa shape index (κ2) is 14.5. The zero-order valence-corrected chi connectivity index (χ0v) is 20.8. The number of carbonyl (C=O) groups is 2. The van der Waals surface area contributed by atoms with Gasteiger partial charge >= 0.3 is 0 Å². The van der Waals surface area contributed by atoms with Crippen LogP contribution in [0.25, 0.3) is 0 Å². The summed E-state index contributed by atoms with van der Waals surface area (Å²) in [6.07, 6.45) is 6.75. The van der Waals surface area contributed by atoms with E-state index in [9.17, 15) is 27.2 Å². The zero-order chi connectivity index (χ0) is 24.3. The van der Waals surface area contributed by atoms with Gasteiger partial charge in [-0.2, -0.15) is 8.78 Å². The molecule has 0 saturated carbocycles. The Morgan fingerprint density at radius 1 is 0.938 bits per heavy atom. The summed E-state index contributed by atoms with van der Waals surface area (Å²) in [4.78, 5) is 24.7. The molecule has 0 heterocycles. The monoisotopic (exact) mass is 574 g/mol. The highest BCUT2D eigenvalue weighted by molar-refractivity contribution is 14.1. The molecule has 0 bridgehead atoms. The zero-order valence-electron chi connectivity index (χ0n) is 18.6. The normalized spacial score (nSPS) is 12.0. The largest absolute Gasteiger partial charge is 0.477 e. The number of carbonyl (C=O) groups excluding carboxylic acids is 2. The van der Waals surface area contributed by atoms with Gasteiger partial charge in [-0.3, -0.25) is 9.59 Å². The third kappa shape index (κ3) is 9.11. The Hall–Kier alpha value is -1.59. The van der Waals surface area contributed by atoms with Gasteiger partial charge in [0, 0.05) is 6.54 Å². The molecule has 10 heteroatoms. The molecule has 2 amide bonds. The first-order chi connectivity index (χ1) is 15.1. The Kier molecular flexibility index (Phi) is 12.9. The summed E-state index contributed by atoms with van der Waals surface area (Å²) in [5.74, 6) is -9.11. The van der Waals surface area contributed by atoms with Crippen LogP contribution in [0, 0.1) is 32.8 Å². The van der Waals surface area contributed by atoms with E-state index < -0.39 is 51.1 Å². The lowest BCUT2D eigenvalue weighted by molar-refractivity contribution is -0.130. The van der Waals surface area contributed by atoms with Crippen molar-refractivity contribution in [3.8, 4) is 5.75 Å². The number of halogens is 5. The summed E-state index contributed by atoms with van der Waals surface area (Å²) in [6, 6.07) is -0.869. The van der Waals surface area contributed by atoms with E-state index >= 15 is 0 Å². The van der Waals surface area contributed by atoms with Crippen LogP contribution in [-0.2, 0) is 9.59 Å². The maximum atomic E-state index is 13.9. The minimum atomic E-state index is -1.73. The Bertz CT molecular complexity index is 749. The van der Waals surface area contributed by atoms with E-state index in [1.807, 2.05) is 13.8 Å². The maximum Gasteiger partial charge on any atom is 0.258 e. The van der Waals surface area contributed by atoms with Crippen molar-refractivity contribution in [2.75, 3.05) is 13.2 Å². The summed E-state index contributed by atoms with van der Waals surface area (Å²) in [7, 11) is 0. The second-order valence-electron chi connectivity index (χ2n) is 8.00. The molecule has 2 N–H and O–H groups in total. The summed E-state index contributed by atoms with van der Waals surface area (Å²) >= 11 is 1.13. The van der Waals surface area contributed by atoms with Crippen LogP contribution in [-0.4, -0.2) is 31.0 Å². The van der Waals surface area contributed by atoms with Gasteiger partial charge in [-0.15, -0.1) is 0 Å². The van der Waals surface area contributed by atoms with Crippen molar-refractivity contribution in [2.24, 2.45) is 5.92 Å². The molecule has 1 aromatic carbocycles. The van der Waals surface area contributed by atoms with E-state index in [0.717, 1.165) is 54.7 Å². The van der Waals surface area contributed by atoms with Crippen molar-refractivity contribution >= 4 is 34.4 Å². The van der Waals surface area contributed by atoms with E-state index in [1.165, 1.54) is 6.42 Å². The molecular formula is C22H31F4IN2O3. The minimum absolute atomic E-state index is 0.0790. The van der Waals surface area contributed by atoms with Gasteiger partial charge < -0.3 is 15.4 Å². The molecule has 0 aliphatic rings. The maximum absolute atomic E-state index is 13.9. The van der Waals surface area contributed by atoms with Gasteiger partial charge in [0.2, 0.25) is 17.5 Å². The molecule has 182 valence electrons. The second-order valence-corrected chi connectivity index (χ2v) is 9.07. The number of amides is 2. The summed E-state index contributed by atoms with van der Waals surface area (Å²) < 4.78 is 58.9. The molecule has 0 aliphatic carbocycles. The number of benzene rings is 1. The van der Waals surface area contributed by atoms with Crippen molar-refractivity contribution in [3.63, 3.8) is 0 Å². The van der Waals surface area contributed by atoms with Crippen LogP contribution in [0.2, 0.25) is 0 Å². The van der Waals surface area contributed by atoms with Crippen LogP contribution in [0.1, 0.15) is 65.7 Å². The van der Waals surface area contributed by atoms with Crippen LogP contribution in [0.3, 0.4) is 0 Å². The Morgan fingerprint density at radius 3 is 2.06 bits per heavy atom. The molecular weight excluding hydrogens is 543 g/mol. The average molecular weight is 574 g/mol. The standard InChI is InChI=1S/C22H31F4IN2O3/c1-4-5-6-7-8-9-10-28-22(31)14(11-13(2)3)29-15(30)12-32-21-18(25)16(23)20(27)17(24)19(21)26/h13-14H,4-12H2,1-3H3,(H,28,31)(H,29,30)/t14-/m0/s1. The molecule has 1 aromatic rings. The molecule has 32 heavy (non-hydrogen) atoms.